The maximum absolute atomic E-state index is 12.4. The van der Waals surface area contributed by atoms with E-state index in [2.05, 4.69) is 62.9 Å². The Morgan fingerprint density at radius 3 is 1.32 bits per heavy atom. The molecular weight excluding hydrogens is 1340 g/mol. The fourth-order valence-electron chi connectivity index (χ4n) is 9.40. The molecule has 0 radical (unpaired) electrons. The van der Waals surface area contributed by atoms with Crippen LogP contribution in [0.5, 0.6) is 0 Å². The van der Waals surface area contributed by atoms with E-state index in [1.54, 1.807) is 80.6 Å². The van der Waals surface area contributed by atoms with Crippen LogP contribution in [0.1, 0.15) is 73.6 Å². The van der Waals surface area contributed by atoms with Crippen LogP contribution >= 0.6 is 0 Å². The summed E-state index contributed by atoms with van der Waals surface area (Å²) in [7, 11) is -18.6. The lowest BCUT2D eigenvalue weighted by molar-refractivity contribution is -0.113. The molecule has 0 aliphatic heterocycles. The SMILES string of the molecule is CCN(CC)c1ccc(NC(=O)CS(=O)(=O)c2ccc(C)cc2)c(C)c1.CCN(CC)c1ccc(NS(=O)(=O)O)c(C)c1.CCN(CCNS(C)(=O)=O)c1ccc(NC(=O)NS(=O)(=O)c2ccc(C)cc2)c(C)c1.Cc1ccc(NC(=O)OCCS(=O)(=O)c2ccccc2)c(C)c1. The van der Waals surface area contributed by atoms with Crippen molar-refractivity contribution in [1.29, 1.82) is 0 Å². The van der Waals surface area contributed by atoms with Gasteiger partial charge in [-0.1, -0.05) is 71.3 Å². The number of likely N-dealkylation sites (N-methyl/N-ethyl adjacent to an activating group) is 1. The molecule has 0 saturated heterocycles. The number of nitrogens with one attached hydrogen (secondary N) is 6. The van der Waals surface area contributed by atoms with Gasteiger partial charge in [0.15, 0.2) is 19.7 Å². The van der Waals surface area contributed by atoms with Gasteiger partial charge in [0.25, 0.3) is 10.0 Å². The smallest absolute Gasteiger partial charge is 0.411 e. The van der Waals surface area contributed by atoms with Gasteiger partial charge in [-0.2, -0.15) is 8.42 Å². The fourth-order valence-corrected chi connectivity index (χ4v) is 13.5. The van der Waals surface area contributed by atoms with Crippen LogP contribution in [0.25, 0.3) is 0 Å². The lowest BCUT2D eigenvalue weighted by Crippen LogP contribution is -2.35. The van der Waals surface area contributed by atoms with Crippen molar-refractivity contribution in [1.82, 2.24) is 9.44 Å². The number of urea groups is 1. The average Bonchev–Trinajstić information content (AvgIpc) is 1.05. The van der Waals surface area contributed by atoms with Gasteiger partial charge in [0.05, 0.1) is 32.4 Å². The molecule has 7 aromatic carbocycles. The molecule has 0 atom stereocenters. The van der Waals surface area contributed by atoms with Crippen LogP contribution in [0.3, 0.4) is 0 Å². The second-order valence-electron chi connectivity index (χ2n) is 22.4. The highest BCUT2D eigenvalue weighted by Crippen LogP contribution is 2.27. The van der Waals surface area contributed by atoms with Crippen molar-refractivity contribution in [3.63, 3.8) is 0 Å². The zero-order valence-electron chi connectivity index (χ0n) is 57.1. The third-order valence-corrected chi connectivity index (χ3v) is 20.6. The van der Waals surface area contributed by atoms with E-state index in [4.69, 9.17) is 9.29 Å². The van der Waals surface area contributed by atoms with Crippen LogP contribution in [-0.4, -0.2) is 135 Å². The second kappa shape index (κ2) is 37.2. The minimum atomic E-state index is -4.21. The monoisotopic (exact) mass is 1430 g/mol. The van der Waals surface area contributed by atoms with Crippen molar-refractivity contribution >= 4 is 108 Å². The Labute approximate surface area is 573 Å². The zero-order valence-corrected chi connectivity index (χ0v) is 61.1. The number of ether oxygens (including phenoxy) is 1. The number of amides is 4. The predicted octanol–water partition coefficient (Wildman–Crippen LogP) is 11.1. The number of hydrogen-bond acceptors (Lipinski definition) is 17. The lowest BCUT2D eigenvalue weighted by atomic mass is 10.1. The number of anilines is 7. The molecule has 7 aromatic rings. The normalized spacial score (nSPS) is 11.4. The Morgan fingerprint density at radius 1 is 0.454 bits per heavy atom. The molecule has 29 heteroatoms. The fraction of sp³-hybridized carbons (Fsp3) is 0.338. The first-order valence-corrected chi connectivity index (χ1v) is 39.1. The quantitative estimate of drug-likeness (QED) is 0.0248. The van der Waals surface area contributed by atoms with Gasteiger partial charge in [0.2, 0.25) is 15.9 Å². The van der Waals surface area contributed by atoms with Crippen molar-refractivity contribution in [2.45, 2.75) is 97.8 Å². The topological polar surface area (TPSA) is 333 Å². The number of sulfonamides is 2. The van der Waals surface area contributed by atoms with E-state index < -0.39 is 73.8 Å². The van der Waals surface area contributed by atoms with Crippen LogP contribution in [0.4, 0.5) is 49.4 Å². The van der Waals surface area contributed by atoms with Gasteiger partial charge >= 0.3 is 22.4 Å². The Balaban J connectivity index is 0.000000280. The first kappa shape index (κ1) is 80.9. The summed E-state index contributed by atoms with van der Waals surface area (Å²) in [6, 6.07) is 41.9. The van der Waals surface area contributed by atoms with Crippen molar-refractivity contribution in [3.05, 3.63) is 191 Å². The molecule has 0 unspecified atom stereocenters. The van der Waals surface area contributed by atoms with E-state index in [0.29, 0.717) is 35.8 Å². The third-order valence-electron chi connectivity index (χ3n) is 14.7. The summed E-state index contributed by atoms with van der Waals surface area (Å²) in [6.07, 6.45) is 0.443. The lowest BCUT2D eigenvalue weighted by Gasteiger charge is -2.24. The molecular formula is C68H91N9O15S5. The number of carbonyl (C=O) groups is 3. The second-order valence-corrected chi connectivity index (χ2v) is 31.1. The molecule has 0 heterocycles. The summed E-state index contributed by atoms with van der Waals surface area (Å²) in [6.45, 7) is 28.1. The van der Waals surface area contributed by atoms with Gasteiger partial charge in [0.1, 0.15) is 12.4 Å². The van der Waals surface area contributed by atoms with E-state index in [-0.39, 0.29) is 33.6 Å². The molecule has 7 N–H and O–H groups in total. The maximum Gasteiger partial charge on any atom is 0.411 e. The minimum Gasteiger partial charge on any atom is -0.448 e. The van der Waals surface area contributed by atoms with Crippen LogP contribution < -0.4 is 44.8 Å². The standard InChI is InChI=1S/C20H28N4O5S2.C20H26N2O3S.C17H19NO4S.C11H18N2O3S/c1-5-24(13-12-21-30(4,26)27)17-8-11-19(16(3)14-17)22-20(25)23-31(28,29)18-9-6-15(2)7-10-18;1-5-22(6-2)17-9-12-19(16(4)13-17)21-20(23)14-26(24,25)18-10-7-15(3)8-11-18;1-13-8-9-16(14(2)12-13)18-17(19)22-10-11-23(20,21)15-6-4-3-5-7-15;1-4-13(5-2)10-6-7-11(9(3)8-10)12-17(14,15)16/h6-11,14,21H,5,12-13H2,1-4H3,(H2,22,23,25);7-13H,5-6,14H2,1-4H3,(H,21,23);3-9,12H,10-11H2,1-2H3,(H,18,19);6-8,12H,4-5H2,1-3H3,(H,14,15,16). The van der Waals surface area contributed by atoms with Crippen LogP contribution in [0.15, 0.2) is 166 Å². The highest BCUT2D eigenvalue weighted by Gasteiger charge is 2.22. The van der Waals surface area contributed by atoms with Crippen LogP contribution in [-0.2, 0) is 59.6 Å². The number of rotatable bonds is 26. The molecule has 0 bridgehead atoms. The number of aryl methyl sites for hydroxylation is 7. The van der Waals surface area contributed by atoms with Crippen molar-refractivity contribution < 1.29 is 65.8 Å². The third kappa shape index (κ3) is 27.5. The van der Waals surface area contributed by atoms with Crippen LogP contribution in [0.2, 0.25) is 0 Å². The van der Waals surface area contributed by atoms with Crippen molar-refractivity contribution in [3.8, 4) is 0 Å². The predicted molar refractivity (Wildman–Crippen MR) is 388 cm³/mol. The average molecular weight is 1430 g/mol. The Kier molecular flexibility index (Phi) is 31.0. The van der Waals surface area contributed by atoms with Crippen LogP contribution in [0, 0.1) is 48.5 Å². The number of carbonyl (C=O) groups excluding carboxylic acids is 3. The Morgan fingerprint density at radius 2 is 0.866 bits per heavy atom. The van der Waals surface area contributed by atoms with E-state index in [0.717, 1.165) is 88.4 Å². The molecule has 0 aliphatic carbocycles. The molecule has 0 spiro atoms. The molecule has 0 aliphatic rings. The zero-order chi connectivity index (χ0) is 72.5. The molecule has 7 rings (SSSR count). The Bertz CT molecular complexity index is 4370. The molecule has 0 aromatic heterocycles. The highest BCUT2D eigenvalue weighted by atomic mass is 32.2. The molecule has 24 nitrogen and oxygen atoms in total. The summed E-state index contributed by atoms with van der Waals surface area (Å²) in [5, 5.41) is 7.88. The summed E-state index contributed by atoms with van der Waals surface area (Å²) >= 11 is 0. The molecule has 0 saturated carbocycles. The van der Waals surface area contributed by atoms with Gasteiger partial charge in [-0.3, -0.25) is 19.4 Å². The maximum atomic E-state index is 12.4. The van der Waals surface area contributed by atoms with Crippen molar-refractivity contribution in [2.75, 3.05) is 106 Å². The van der Waals surface area contributed by atoms with E-state index in [1.165, 1.54) is 36.4 Å². The number of hydrogen-bond donors (Lipinski definition) is 7. The molecule has 528 valence electrons. The van der Waals surface area contributed by atoms with Gasteiger partial charge in [-0.25, -0.2) is 52.7 Å². The first-order chi connectivity index (χ1) is 45.4. The summed E-state index contributed by atoms with van der Waals surface area (Å²) in [5.41, 5.74) is 11.4. The summed E-state index contributed by atoms with van der Waals surface area (Å²) in [5.74, 6) is -1.37. The van der Waals surface area contributed by atoms with Gasteiger partial charge < -0.3 is 30.1 Å². The van der Waals surface area contributed by atoms with Crippen molar-refractivity contribution in [2.24, 2.45) is 0 Å². The molecule has 4 amide bonds. The summed E-state index contributed by atoms with van der Waals surface area (Å²) in [4.78, 5) is 43.0. The van der Waals surface area contributed by atoms with E-state index in [1.807, 2.05) is 99.7 Å². The molecule has 97 heavy (non-hydrogen) atoms. The number of sulfone groups is 2. The number of nitrogens with zero attached hydrogens (tertiary/aromatic N) is 3. The largest absolute Gasteiger partial charge is 0.448 e. The first-order valence-electron chi connectivity index (χ1n) is 31.0. The highest BCUT2D eigenvalue weighted by molar-refractivity contribution is 7.92. The van der Waals surface area contributed by atoms with Gasteiger partial charge in [0, 0.05) is 79.9 Å². The van der Waals surface area contributed by atoms with E-state index in [9.17, 15) is 56.5 Å². The van der Waals surface area contributed by atoms with E-state index >= 15 is 0 Å². The molecule has 0 fully saturated rings. The Hall–Kier alpha value is -8.58. The van der Waals surface area contributed by atoms with Gasteiger partial charge in [-0.05, 0) is 202 Å². The van der Waals surface area contributed by atoms with Gasteiger partial charge in [-0.15, -0.1) is 0 Å². The summed E-state index contributed by atoms with van der Waals surface area (Å²) < 4.78 is 138. The number of benzene rings is 7. The minimum absolute atomic E-state index is 0.00149.